The number of amides is 3. The first-order valence-corrected chi connectivity index (χ1v) is 10.5. The molecule has 2 aromatic carbocycles. The van der Waals surface area contributed by atoms with Gasteiger partial charge in [-0.3, -0.25) is 9.69 Å². The number of nitrogens with zero attached hydrogens (tertiary/aromatic N) is 3. The Labute approximate surface area is 181 Å². The van der Waals surface area contributed by atoms with E-state index in [0.717, 1.165) is 5.56 Å². The zero-order valence-corrected chi connectivity index (χ0v) is 17.8. The van der Waals surface area contributed by atoms with Gasteiger partial charge in [0.15, 0.2) is 0 Å². The molecule has 4 rings (SSSR count). The van der Waals surface area contributed by atoms with E-state index in [4.69, 9.17) is 4.74 Å². The molecular formula is C23H27FN4O3. The number of nitrogens with one attached hydrogen (secondary N) is 1. The van der Waals surface area contributed by atoms with Gasteiger partial charge in [-0.25, -0.2) is 14.1 Å². The zero-order chi connectivity index (χ0) is 22.0. The summed E-state index contributed by atoms with van der Waals surface area (Å²) < 4.78 is 19.3. The average Bonchev–Trinajstić information content (AvgIpc) is 3.05. The Kier molecular flexibility index (Phi) is 5.82. The molecule has 0 radical (unpaired) electrons. The van der Waals surface area contributed by atoms with E-state index < -0.39 is 5.54 Å². The van der Waals surface area contributed by atoms with E-state index in [1.807, 2.05) is 30.0 Å². The summed E-state index contributed by atoms with van der Waals surface area (Å²) in [5.74, 6) is 0.204. The van der Waals surface area contributed by atoms with Crippen LogP contribution in [0.4, 0.5) is 14.9 Å². The van der Waals surface area contributed by atoms with Crippen molar-refractivity contribution in [3.8, 4) is 5.75 Å². The van der Waals surface area contributed by atoms with Gasteiger partial charge >= 0.3 is 6.03 Å². The highest BCUT2D eigenvalue weighted by molar-refractivity contribution is 6.07. The lowest BCUT2D eigenvalue weighted by Gasteiger charge is -2.37. The van der Waals surface area contributed by atoms with Crippen LogP contribution < -0.4 is 15.0 Å². The summed E-state index contributed by atoms with van der Waals surface area (Å²) in [6, 6.07) is 13.5. The Morgan fingerprint density at radius 3 is 2.32 bits per heavy atom. The van der Waals surface area contributed by atoms with E-state index in [1.165, 1.54) is 11.0 Å². The largest absolute Gasteiger partial charge is 0.497 e. The monoisotopic (exact) mass is 426 g/mol. The molecule has 0 aliphatic carbocycles. The Morgan fingerprint density at radius 1 is 1.03 bits per heavy atom. The van der Waals surface area contributed by atoms with E-state index in [0.29, 0.717) is 44.0 Å². The molecule has 2 aliphatic heterocycles. The third-order valence-corrected chi connectivity index (χ3v) is 6.20. The molecule has 8 heteroatoms. The molecule has 2 saturated heterocycles. The highest BCUT2D eigenvalue weighted by atomic mass is 19.1. The molecule has 0 unspecified atom stereocenters. The van der Waals surface area contributed by atoms with Gasteiger partial charge in [0, 0.05) is 26.2 Å². The van der Waals surface area contributed by atoms with E-state index in [-0.39, 0.29) is 24.4 Å². The fourth-order valence-corrected chi connectivity index (χ4v) is 4.31. The Hall–Kier alpha value is -3.13. The number of carbonyl (C=O) groups excluding carboxylic acids is 2. The summed E-state index contributed by atoms with van der Waals surface area (Å²) in [6.07, 6.45) is 0.446. The highest BCUT2D eigenvalue weighted by Crippen LogP contribution is 2.33. The van der Waals surface area contributed by atoms with Gasteiger partial charge in [0.2, 0.25) is 0 Å². The van der Waals surface area contributed by atoms with Crippen molar-refractivity contribution in [2.45, 2.75) is 18.9 Å². The van der Waals surface area contributed by atoms with Crippen LogP contribution in [0.1, 0.15) is 18.9 Å². The summed E-state index contributed by atoms with van der Waals surface area (Å²) in [4.78, 5) is 31.4. The number of rotatable bonds is 6. The maximum Gasteiger partial charge on any atom is 0.326 e. The molecule has 0 aromatic heterocycles. The number of benzene rings is 2. The first-order chi connectivity index (χ1) is 15.0. The van der Waals surface area contributed by atoms with Gasteiger partial charge < -0.3 is 15.0 Å². The maximum absolute atomic E-state index is 14.1. The first-order valence-electron chi connectivity index (χ1n) is 10.5. The lowest BCUT2D eigenvalue weighted by molar-refractivity contribution is -0.133. The summed E-state index contributed by atoms with van der Waals surface area (Å²) in [5, 5.41) is 2.91. The van der Waals surface area contributed by atoms with Crippen molar-refractivity contribution in [1.82, 2.24) is 15.1 Å². The molecule has 3 amide bonds. The number of methoxy groups -OCH3 is 1. The standard InChI is InChI=1S/C23H27FN4O3/c1-3-23(17-8-10-18(31-2)11-9-17)21(29)28(22(30)25-23)16-26-12-14-27(15-13-26)20-7-5-4-6-19(20)24/h4-11H,3,12-16H2,1-2H3,(H,25,30)/t23-/m0/s1. The number of para-hydroxylation sites is 1. The van der Waals surface area contributed by atoms with E-state index in [2.05, 4.69) is 10.2 Å². The lowest BCUT2D eigenvalue weighted by atomic mass is 9.87. The van der Waals surface area contributed by atoms with Crippen LogP contribution in [0.3, 0.4) is 0 Å². The van der Waals surface area contributed by atoms with E-state index in [1.54, 1.807) is 31.4 Å². The molecule has 2 aliphatic rings. The normalized spacial score (nSPS) is 22.0. The lowest BCUT2D eigenvalue weighted by Crippen LogP contribution is -2.52. The van der Waals surface area contributed by atoms with Crippen molar-refractivity contribution in [2.24, 2.45) is 0 Å². The molecule has 2 fully saturated rings. The predicted molar refractivity (Wildman–Crippen MR) is 115 cm³/mol. The van der Waals surface area contributed by atoms with Crippen LogP contribution in [0, 0.1) is 5.82 Å². The minimum Gasteiger partial charge on any atom is -0.497 e. The molecule has 164 valence electrons. The average molecular weight is 426 g/mol. The summed E-state index contributed by atoms with van der Waals surface area (Å²) >= 11 is 0. The Balaban J connectivity index is 1.44. The summed E-state index contributed by atoms with van der Waals surface area (Å²) in [7, 11) is 1.58. The molecule has 2 aromatic rings. The molecule has 2 heterocycles. The Bertz CT molecular complexity index is 960. The number of hydrogen-bond donors (Lipinski definition) is 1. The number of ether oxygens (including phenoxy) is 1. The van der Waals surface area contributed by atoms with Gasteiger partial charge in [-0.15, -0.1) is 0 Å². The number of urea groups is 1. The smallest absolute Gasteiger partial charge is 0.326 e. The first kappa shape index (κ1) is 21.1. The molecule has 0 bridgehead atoms. The van der Waals surface area contributed by atoms with Gasteiger partial charge in [0.05, 0.1) is 19.5 Å². The second kappa shape index (κ2) is 8.55. The molecular weight excluding hydrogens is 399 g/mol. The molecule has 0 spiro atoms. The van der Waals surface area contributed by atoms with Crippen LogP contribution in [-0.4, -0.2) is 61.7 Å². The number of imide groups is 1. The zero-order valence-electron chi connectivity index (χ0n) is 17.8. The second-order valence-electron chi connectivity index (χ2n) is 7.85. The van der Waals surface area contributed by atoms with Crippen LogP contribution in [0.2, 0.25) is 0 Å². The molecule has 1 atom stereocenters. The maximum atomic E-state index is 14.1. The minimum absolute atomic E-state index is 0.216. The van der Waals surface area contributed by atoms with Crippen molar-refractivity contribution >= 4 is 17.6 Å². The van der Waals surface area contributed by atoms with Gasteiger partial charge in [-0.2, -0.15) is 0 Å². The van der Waals surface area contributed by atoms with Crippen LogP contribution in [0.15, 0.2) is 48.5 Å². The third-order valence-electron chi connectivity index (χ3n) is 6.20. The fourth-order valence-electron chi connectivity index (χ4n) is 4.31. The van der Waals surface area contributed by atoms with Gasteiger partial charge in [-0.1, -0.05) is 31.2 Å². The van der Waals surface area contributed by atoms with E-state index in [9.17, 15) is 14.0 Å². The third kappa shape index (κ3) is 3.83. The van der Waals surface area contributed by atoms with Gasteiger partial charge in [0.25, 0.3) is 5.91 Å². The minimum atomic E-state index is -1.07. The van der Waals surface area contributed by atoms with Crippen LogP contribution >= 0.6 is 0 Å². The summed E-state index contributed by atoms with van der Waals surface area (Å²) in [5.41, 5.74) is 0.251. The number of carbonyl (C=O) groups is 2. The van der Waals surface area contributed by atoms with Crippen LogP contribution in [-0.2, 0) is 10.3 Å². The molecule has 0 saturated carbocycles. The topological polar surface area (TPSA) is 65.1 Å². The van der Waals surface area contributed by atoms with Crippen molar-refractivity contribution in [3.63, 3.8) is 0 Å². The fraction of sp³-hybridized carbons (Fsp3) is 0.391. The van der Waals surface area contributed by atoms with Crippen molar-refractivity contribution in [1.29, 1.82) is 0 Å². The van der Waals surface area contributed by atoms with Gasteiger partial charge in [-0.05, 0) is 36.2 Å². The van der Waals surface area contributed by atoms with Gasteiger partial charge in [0.1, 0.15) is 17.1 Å². The quantitative estimate of drug-likeness (QED) is 0.720. The molecule has 31 heavy (non-hydrogen) atoms. The summed E-state index contributed by atoms with van der Waals surface area (Å²) in [6.45, 7) is 4.62. The number of anilines is 1. The van der Waals surface area contributed by atoms with Crippen molar-refractivity contribution in [3.05, 3.63) is 59.9 Å². The Morgan fingerprint density at radius 2 is 1.71 bits per heavy atom. The van der Waals surface area contributed by atoms with Crippen LogP contribution in [0.5, 0.6) is 5.75 Å². The highest BCUT2D eigenvalue weighted by Gasteiger charge is 2.51. The molecule has 1 N–H and O–H groups in total. The molecule has 7 nitrogen and oxygen atoms in total. The predicted octanol–water partition coefficient (Wildman–Crippen LogP) is 2.77. The number of halogens is 1. The van der Waals surface area contributed by atoms with E-state index >= 15 is 0 Å². The number of piperazine rings is 1. The van der Waals surface area contributed by atoms with Crippen molar-refractivity contribution < 1.29 is 18.7 Å². The van der Waals surface area contributed by atoms with Crippen LogP contribution in [0.25, 0.3) is 0 Å². The second-order valence-corrected chi connectivity index (χ2v) is 7.85. The SMILES string of the molecule is CC[C@@]1(c2ccc(OC)cc2)NC(=O)N(CN2CCN(c3ccccc3F)CC2)C1=O. The number of hydrogen-bond acceptors (Lipinski definition) is 5. The van der Waals surface area contributed by atoms with Crippen molar-refractivity contribution in [2.75, 3.05) is 44.9 Å².